The minimum Gasteiger partial charge on any atom is -0.460 e. The Morgan fingerprint density at radius 2 is 2.09 bits per heavy atom. The van der Waals surface area contributed by atoms with Crippen LogP contribution in [0.25, 0.3) is 0 Å². The van der Waals surface area contributed by atoms with Gasteiger partial charge < -0.3 is 4.74 Å². The van der Waals surface area contributed by atoms with Gasteiger partial charge in [-0.15, -0.1) is 0 Å². The van der Waals surface area contributed by atoms with Crippen molar-refractivity contribution in [2.75, 3.05) is 0 Å². The molecule has 0 aliphatic heterocycles. The second-order valence-electron chi connectivity index (χ2n) is 3.25. The van der Waals surface area contributed by atoms with E-state index in [0.717, 1.165) is 12.8 Å². The number of rotatable bonds is 3. The summed E-state index contributed by atoms with van der Waals surface area (Å²) in [6.07, 6.45) is 2.18. The molecule has 1 aliphatic carbocycles. The van der Waals surface area contributed by atoms with Gasteiger partial charge in [0.1, 0.15) is 0 Å². The second-order valence-corrected chi connectivity index (χ2v) is 3.25. The zero-order valence-corrected chi connectivity index (χ0v) is 7.09. The van der Waals surface area contributed by atoms with Crippen LogP contribution in [0.5, 0.6) is 0 Å². The van der Waals surface area contributed by atoms with Crippen LogP contribution in [0.15, 0.2) is 12.2 Å². The lowest BCUT2D eigenvalue weighted by Gasteiger charge is -2.08. The molecule has 2 heteroatoms. The average molecular weight is 154 g/mol. The summed E-state index contributed by atoms with van der Waals surface area (Å²) >= 11 is 0. The molecule has 0 saturated heterocycles. The molecule has 1 aliphatic rings. The van der Waals surface area contributed by atoms with Crippen LogP contribution >= 0.6 is 0 Å². The second kappa shape index (κ2) is 3.07. The van der Waals surface area contributed by atoms with Gasteiger partial charge in [-0.1, -0.05) is 6.58 Å². The van der Waals surface area contributed by atoms with Crippen LogP contribution in [-0.4, -0.2) is 12.1 Å². The van der Waals surface area contributed by atoms with Gasteiger partial charge in [-0.05, 0) is 32.6 Å². The highest BCUT2D eigenvalue weighted by Crippen LogP contribution is 2.36. The minimum absolute atomic E-state index is 0.0296. The van der Waals surface area contributed by atoms with E-state index in [9.17, 15) is 4.79 Å². The molecule has 11 heavy (non-hydrogen) atoms. The fourth-order valence-electron chi connectivity index (χ4n) is 0.888. The van der Waals surface area contributed by atoms with Crippen LogP contribution in [-0.2, 0) is 9.53 Å². The highest BCUT2D eigenvalue weighted by Gasteiger charge is 2.29. The van der Waals surface area contributed by atoms with Crippen molar-refractivity contribution in [3.05, 3.63) is 12.2 Å². The molecule has 0 radical (unpaired) electrons. The smallest absolute Gasteiger partial charge is 0.333 e. The third kappa shape index (κ3) is 2.37. The molecule has 0 bridgehead atoms. The summed E-state index contributed by atoms with van der Waals surface area (Å²) in [5.41, 5.74) is 0.652. The molecular formula is C9H14O2. The Labute approximate surface area is 67.2 Å². The predicted octanol–water partition coefficient (Wildman–Crippen LogP) is 1.90. The summed E-state index contributed by atoms with van der Waals surface area (Å²) in [7, 11) is 0. The fourth-order valence-corrected chi connectivity index (χ4v) is 0.888. The Morgan fingerprint density at radius 1 is 1.55 bits per heavy atom. The van der Waals surface area contributed by atoms with Crippen molar-refractivity contribution >= 4 is 5.97 Å². The van der Waals surface area contributed by atoms with Crippen LogP contribution in [0, 0.1) is 5.92 Å². The number of hydrogen-bond donors (Lipinski definition) is 0. The Balaban J connectivity index is 2.34. The van der Waals surface area contributed by atoms with Gasteiger partial charge >= 0.3 is 5.97 Å². The molecule has 0 unspecified atom stereocenters. The van der Waals surface area contributed by atoms with Gasteiger partial charge in [0.25, 0.3) is 0 Å². The minimum atomic E-state index is -0.220. The summed E-state index contributed by atoms with van der Waals surface area (Å²) in [6, 6.07) is 0. The topological polar surface area (TPSA) is 26.3 Å². The van der Waals surface area contributed by atoms with Crippen molar-refractivity contribution < 1.29 is 9.53 Å². The first-order valence-electron chi connectivity index (χ1n) is 4.01. The van der Waals surface area contributed by atoms with Crippen LogP contribution < -0.4 is 0 Å². The van der Waals surface area contributed by atoms with Crippen LogP contribution in [0.4, 0.5) is 0 Å². The monoisotopic (exact) mass is 154 g/mol. The zero-order valence-electron chi connectivity index (χ0n) is 7.09. The maximum absolute atomic E-state index is 11.1. The van der Waals surface area contributed by atoms with Crippen molar-refractivity contribution in [3.8, 4) is 0 Å². The van der Waals surface area contributed by atoms with E-state index in [1.54, 1.807) is 0 Å². The first-order valence-corrected chi connectivity index (χ1v) is 4.01. The Bertz CT molecular complexity index is 178. The molecular weight excluding hydrogens is 140 g/mol. The molecule has 0 aromatic heterocycles. The number of esters is 1. The summed E-state index contributed by atoms with van der Waals surface area (Å²) in [5.74, 6) is 0.198. The van der Waals surface area contributed by atoms with Crippen LogP contribution in [0.3, 0.4) is 0 Å². The van der Waals surface area contributed by atoms with E-state index >= 15 is 0 Å². The molecule has 0 heterocycles. The molecule has 0 spiro atoms. The van der Waals surface area contributed by atoms with Gasteiger partial charge in [0.15, 0.2) is 0 Å². The molecule has 1 fully saturated rings. The summed E-state index contributed by atoms with van der Waals surface area (Å²) in [5, 5.41) is 0. The number of carbonyl (C=O) groups is 1. The Hall–Kier alpha value is -0.790. The van der Waals surface area contributed by atoms with Crippen LogP contribution in [0.1, 0.15) is 26.7 Å². The molecule has 2 nitrogen and oxygen atoms in total. The van der Waals surface area contributed by atoms with E-state index in [-0.39, 0.29) is 12.1 Å². The number of hydrogen-bond acceptors (Lipinski definition) is 2. The van der Waals surface area contributed by atoms with E-state index in [0.29, 0.717) is 11.5 Å². The van der Waals surface area contributed by atoms with Gasteiger partial charge in [0.2, 0.25) is 0 Å². The van der Waals surface area contributed by atoms with E-state index in [1.165, 1.54) is 0 Å². The van der Waals surface area contributed by atoms with E-state index in [1.807, 2.05) is 13.8 Å². The van der Waals surface area contributed by atoms with Crippen molar-refractivity contribution in [2.45, 2.75) is 32.8 Å². The fraction of sp³-hybridized carbons (Fsp3) is 0.667. The molecule has 1 rings (SSSR count). The van der Waals surface area contributed by atoms with Gasteiger partial charge in [0, 0.05) is 5.57 Å². The van der Waals surface area contributed by atoms with E-state index in [2.05, 4.69) is 6.58 Å². The molecule has 1 saturated carbocycles. The third-order valence-electron chi connectivity index (χ3n) is 1.68. The summed E-state index contributed by atoms with van der Waals surface area (Å²) < 4.78 is 4.97. The average Bonchev–Trinajstić information content (AvgIpc) is 2.65. The quantitative estimate of drug-likeness (QED) is 0.458. The largest absolute Gasteiger partial charge is 0.460 e. The predicted molar refractivity (Wildman–Crippen MR) is 43.1 cm³/mol. The molecule has 62 valence electrons. The molecule has 0 amide bonds. The highest BCUT2D eigenvalue weighted by atomic mass is 16.5. The highest BCUT2D eigenvalue weighted by molar-refractivity contribution is 5.88. The maximum Gasteiger partial charge on any atom is 0.333 e. The van der Waals surface area contributed by atoms with Crippen LogP contribution in [0.2, 0.25) is 0 Å². The van der Waals surface area contributed by atoms with Gasteiger partial charge in [-0.3, -0.25) is 0 Å². The summed E-state index contributed by atoms with van der Waals surface area (Å²) in [6.45, 7) is 7.39. The number of ether oxygens (including phenoxy) is 1. The molecule has 0 atom stereocenters. The number of carbonyl (C=O) groups excluding carboxylic acids is 1. The van der Waals surface area contributed by atoms with E-state index in [4.69, 9.17) is 4.74 Å². The van der Waals surface area contributed by atoms with Gasteiger partial charge in [-0.2, -0.15) is 0 Å². The Kier molecular flexibility index (Phi) is 2.32. The van der Waals surface area contributed by atoms with Gasteiger partial charge in [-0.25, -0.2) is 4.79 Å². The first-order chi connectivity index (χ1) is 5.11. The lowest BCUT2D eigenvalue weighted by molar-refractivity contribution is -0.142. The van der Waals surface area contributed by atoms with Crippen molar-refractivity contribution in [3.63, 3.8) is 0 Å². The standard InChI is InChI=1S/C9H14O2/c1-6(2)11-9(10)7(3)8-4-5-8/h6,8H,3-5H2,1-2H3. The van der Waals surface area contributed by atoms with Crippen molar-refractivity contribution in [1.29, 1.82) is 0 Å². The lowest BCUT2D eigenvalue weighted by atomic mass is 10.2. The molecule has 0 N–H and O–H groups in total. The van der Waals surface area contributed by atoms with Crippen molar-refractivity contribution in [2.24, 2.45) is 5.92 Å². The van der Waals surface area contributed by atoms with Crippen molar-refractivity contribution in [1.82, 2.24) is 0 Å². The maximum atomic E-state index is 11.1. The molecule has 0 aromatic carbocycles. The summed E-state index contributed by atoms with van der Waals surface area (Å²) in [4.78, 5) is 11.1. The first kappa shape index (κ1) is 8.31. The normalized spacial score (nSPS) is 16.6. The van der Waals surface area contributed by atoms with E-state index < -0.39 is 0 Å². The lowest BCUT2D eigenvalue weighted by Crippen LogP contribution is -2.13. The van der Waals surface area contributed by atoms with Gasteiger partial charge in [0.05, 0.1) is 6.10 Å². The Morgan fingerprint density at radius 3 is 2.45 bits per heavy atom. The zero-order chi connectivity index (χ0) is 8.43. The third-order valence-corrected chi connectivity index (χ3v) is 1.68. The SMILES string of the molecule is C=C(C(=O)OC(C)C)C1CC1. The molecule has 0 aromatic rings.